The molecule has 1 aromatic rings. The lowest BCUT2D eigenvalue weighted by Gasteiger charge is -2.37. The van der Waals surface area contributed by atoms with Crippen molar-refractivity contribution in [3.05, 3.63) is 30.3 Å². The van der Waals surface area contributed by atoms with Crippen molar-refractivity contribution in [3.8, 4) is 0 Å². The molecule has 0 aromatic heterocycles. The number of likely N-dealkylation sites (tertiary alicyclic amines) is 1. The summed E-state index contributed by atoms with van der Waals surface area (Å²) in [6.07, 6.45) is 4.75. The van der Waals surface area contributed by atoms with Crippen LogP contribution in [0.1, 0.15) is 32.6 Å². The van der Waals surface area contributed by atoms with Gasteiger partial charge < -0.3 is 10.2 Å². The molecule has 1 aromatic carbocycles. The highest BCUT2D eigenvalue weighted by Crippen LogP contribution is 2.13. The van der Waals surface area contributed by atoms with E-state index in [1.165, 1.54) is 12.8 Å². The van der Waals surface area contributed by atoms with Gasteiger partial charge in [-0.3, -0.25) is 19.4 Å². The van der Waals surface area contributed by atoms with Crippen LogP contribution in [-0.2, 0) is 9.59 Å². The molecule has 0 bridgehead atoms. The highest BCUT2D eigenvalue weighted by atomic mass is 16.2. The van der Waals surface area contributed by atoms with Gasteiger partial charge in [-0.15, -0.1) is 0 Å². The number of piperazine rings is 1. The molecule has 2 heterocycles. The standard InChI is InChI=1S/C21H32N4O2/c1-18(21(27)22-19-9-5-4-6-10-19)24-15-13-23(14-16-24)17-20(26)25-11-7-2-3-8-12-25/h4-6,9-10,18H,2-3,7-8,11-17H2,1H3,(H,22,27)/t18-/m1/s1. The minimum absolute atomic E-state index is 0.0234. The molecule has 6 heteroatoms. The van der Waals surface area contributed by atoms with Crippen LogP contribution in [0.15, 0.2) is 30.3 Å². The Morgan fingerprint density at radius 2 is 1.56 bits per heavy atom. The molecule has 27 heavy (non-hydrogen) atoms. The SMILES string of the molecule is C[C@H](C(=O)Nc1ccccc1)N1CCN(CC(=O)N2CCCCCC2)CC1. The van der Waals surface area contributed by atoms with Crippen LogP contribution in [-0.4, -0.2) is 78.4 Å². The summed E-state index contributed by atoms with van der Waals surface area (Å²) in [5.74, 6) is 0.288. The predicted molar refractivity (Wildman–Crippen MR) is 108 cm³/mol. The number of hydrogen-bond donors (Lipinski definition) is 1. The zero-order chi connectivity index (χ0) is 19.1. The zero-order valence-corrected chi connectivity index (χ0v) is 16.4. The number of carbonyl (C=O) groups is 2. The predicted octanol–water partition coefficient (Wildman–Crippen LogP) is 2.03. The smallest absolute Gasteiger partial charge is 0.241 e. The van der Waals surface area contributed by atoms with Crippen LogP contribution >= 0.6 is 0 Å². The number of benzene rings is 1. The maximum atomic E-state index is 12.6. The molecule has 2 amide bonds. The minimum Gasteiger partial charge on any atom is -0.342 e. The normalized spacial score (nSPS) is 20.7. The summed E-state index contributed by atoms with van der Waals surface area (Å²) in [4.78, 5) is 31.5. The first-order chi connectivity index (χ1) is 13.1. The van der Waals surface area contributed by atoms with Gasteiger partial charge in [0.05, 0.1) is 12.6 Å². The Balaban J connectivity index is 1.42. The molecular weight excluding hydrogens is 340 g/mol. The van der Waals surface area contributed by atoms with Gasteiger partial charge in [-0.25, -0.2) is 0 Å². The lowest BCUT2D eigenvalue weighted by Crippen LogP contribution is -2.54. The van der Waals surface area contributed by atoms with E-state index in [0.717, 1.165) is 57.8 Å². The van der Waals surface area contributed by atoms with Crippen molar-refractivity contribution in [1.29, 1.82) is 0 Å². The van der Waals surface area contributed by atoms with E-state index in [1.807, 2.05) is 42.2 Å². The summed E-state index contributed by atoms with van der Waals surface area (Å²) in [5, 5.41) is 2.98. The van der Waals surface area contributed by atoms with Crippen molar-refractivity contribution in [2.24, 2.45) is 0 Å². The lowest BCUT2D eigenvalue weighted by atomic mass is 10.2. The minimum atomic E-state index is -0.173. The van der Waals surface area contributed by atoms with Crippen molar-refractivity contribution in [2.45, 2.75) is 38.6 Å². The van der Waals surface area contributed by atoms with Crippen LogP contribution in [0, 0.1) is 0 Å². The second kappa shape index (κ2) is 9.85. The van der Waals surface area contributed by atoms with Crippen LogP contribution in [0.3, 0.4) is 0 Å². The number of anilines is 1. The summed E-state index contributed by atoms with van der Waals surface area (Å²) in [5.41, 5.74) is 0.830. The van der Waals surface area contributed by atoms with E-state index in [0.29, 0.717) is 6.54 Å². The number of nitrogens with one attached hydrogen (secondary N) is 1. The summed E-state index contributed by atoms with van der Waals surface area (Å²) in [7, 11) is 0. The van der Waals surface area contributed by atoms with Crippen molar-refractivity contribution >= 4 is 17.5 Å². The number of amides is 2. The van der Waals surface area contributed by atoms with E-state index < -0.39 is 0 Å². The van der Waals surface area contributed by atoms with Crippen LogP contribution in [0.25, 0.3) is 0 Å². The maximum absolute atomic E-state index is 12.6. The molecule has 0 spiro atoms. The van der Waals surface area contributed by atoms with Gasteiger partial charge in [-0.05, 0) is 31.9 Å². The molecule has 2 aliphatic rings. The van der Waals surface area contributed by atoms with Crippen molar-refractivity contribution < 1.29 is 9.59 Å². The second-order valence-electron chi connectivity index (χ2n) is 7.64. The van der Waals surface area contributed by atoms with E-state index in [1.54, 1.807) is 0 Å². The Bertz CT molecular complexity index is 606. The lowest BCUT2D eigenvalue weighted by molar-refractivity contribution is -0.133. The zero-order valence-electron chi connectivity index (χ0n) is 16.4. The van der Waals surface area contributed by atoms with Gasteiger partial charge in [0.25, 0.3) is 0 Å². The Hall–Kier alpha value is -1.92. The van der Waals surface area contributed by atoms with Crippen LogP contribution in [0.2, 0.25) is 0 Å². The first-order valence-electron chi connectivity index (χ1n) is 10.2. The third kappa shape index (κ3) is 5.78. The number of carbonyl (C=O) groups excluding carboxylic acids is 2. The third-order valence-electron chi connectivity index (χ3n) is 5.69. The molecule has 2 aliphatic heterocycles. The van der Waals surface area contributed by atoms with Crippen molar-refractivity contribution in [2.75, 3.05) is 51.1 Å². The molecule has 1 N–H and O–H groups in total. The largest absolute Gasteiger partial charge is 0.342 e. The molecule has 0 aliphatic carbocycles. The molecule has 6 nitrogen and oxygen atoms in total. The van der Waals surface area contributed by atoms with Gasteiger partial charge in [-0.1, -0.05) is 31.0 Å². The Morgan fingerprint density at radius 1 is 0.926 bits per heavy atom. The molecule has 0 saturated carbocycles. The third-order valence-corrected chi connectivity index (χ3v) is 5.69. The molecule has 0 unspecified atom stereocenters. The number of rotatable bonds is 5. The van der Waals surface area contributed by atoms with Gasteiger partial charge in [0.15, 0.2) is 0 Å². The average molecular weight is 373 g/mol. The van der Waals surface area contributed by atoms with Crippen LogP contribution in [0.5, 0.6) is 0 Å². The maximum Gasteiger partial charge on any atom is 0.241 e. The van der Waals surface area contributed by atoms with Crippen LogP contribution < -0.4 is 5.32 Å². The molecule has 2 fully saturated rings. The van der Waals surface area contributed by atoms with E-state index in [2.05, 4.69) is 15.1 Å². The van der Waals surface area contributed by atoms with E-state index in [4.69, 9.17) is 0 Å². The van der Waals surface area contributed by atoms with Crippen molar-refractivity contribution in [1.82, 2.24) is 14.7 Å². The molecule has 1 atom stereocenters. The fourth-order valence-electron chi connectivity index (χ4n) is 3.85. The van der Waals surface area contributed by atoms with Gasteiger partial charge in [-0.2, -0.15) is 0 Å². The Kier molecular flexibility index (Phi) is 7.24. The fourth-order valence-corrected chi connectivity index (χ4v) is 3.85. The fraction of sp³-hybridized carbons (Fsp3) is 0.619. The van der Waals surface area contributed by atoms with Gasteiger partial charge >= 0.3 is 0 Å². The van der Waals surface area contributed by atoms with Gasteiger partial charge in [0, 0.05) is 45.0 Å². The first-order valence-corrected chi connectivity index (χ1v) is 10.2. The Morgan fingerprint density at radius 3 is 2.19 bits per heavy atom. The number of nitrogens with zero attached hydrogens (tertiary/aromatic N) is 3. The summed E-state index contributed by atoms with van der Waals surface area (Å²) in [6.45, 7) is 7.60. The van der Waals surface area contributed by atoms with Crippen molar-refractivity contribution in [3.63, 3.8) is 0 Å². The summed E-state index contributed by atoms with van der Waals surface area (Å²) in [6, 6.07) is 9.40. The molecule has 0 radical (unpaired) electrons. The molecule has 3 rings (SSSR count). The van der Waals surface area contributed by atoms with Gasteiger partial charge in [0.1, 0.15) is 0 Å². The van der Waals surface area contributed by atoms with E-state index in [-0.39, 0.29) is 17.9 Å². The van der Waals surface area contributed by atoms with E-state index >= 15 is 0 Å². The molecular formula is C21H32N4O2. The number of para-hydroxylation sites is 1. The number of hydrogen-bond acceptors (Lipinski definition) is 4. The van der Waals surface area contributed by atoms with Crippen LogP contribution in [0.4, 0.5) is 5.69 Å². The topological polar surface area (TPSA) is 55.9 Å². The summed E-state index contributed by atoms with van der Waals surface area (Å²) >= 11 is 0. The van der Waals surface area contributed by atoms with Gasteiger partial charge in [0.2, 0.25) is 11.8 Å². The molecule has 148 valence electrons. The first kappa shape index (κ1) is 19.8. The highest BCUT2D eigenvalue weighted by molar-refractivity contribution is 5.94. The van der Waals surface area contributed by atoms with E-state index in [9.17, 15) is 9.59 Å². The summed E-state index contributed by atoms with van der Waals surface area (Å²) < 4.78 is 0. The Labute approximate surface area is 162 Å². The highest BCUT2D eigenvalue weighted by Gasteiger charge is 2.27. The second-order valence-corrected chi connectivity index (χ2v) is 7.64. The molecule has 2 saturated heterocycles. The average Bonchev–Trinajstić information content (AvgIpc) is 2.98. The monoisotopic (exact) mass is 372 g/mol. The quantitative estimate of drug-likeness (QED) is 0.859.